The average Bonchev–Trinajstić information content (AvgIpc) is 2.65. The van der Waals surface area contributed by atoms with E-state index in [1.54, 1.807) is 24.3 Å². The molecule has 0 aliphatic carbocycles. The molecule has 0 N–H and O–H groups in total. The van der Waals surface area contributed by atoms with Gasteiger partial charge in [-0.15, -0.1) is 0 Å². The van der Waals surface area contributed by atoms with Gasteiger partial charge in [0.05, 0.1) is 17.4 Å². The van der Waals surface area contributed by atoms with Crippen LogP contribution in [0.5, 0.6) is 5.75 Å². The van der Waals surface area contributed by atoms with Crippen LogP contribution in [-0.2, 0) is 21.4 Å². The van der Waals surface area contributed by atoms with Gasteiger partial charge >= 0.3 is 10.1 Å². The van der Waals surface area contributed by atoms with Crippen LogP contribution in [0.2, 0.25) is 0 Å². The van der Waals surface area contributed by atoms with Crippen molar-refractivity contribution in [2.45, 2.75) is 25.6 Å². The van der Waals surface area contributed by atoms with Crippen LogP contribution in [0.25, 0.3) is 0 Å². The van der Waals surface area contributed by atoms with Crippen LogP contribution in [-0.4, -0.2) is 44.7 Å². The number of halogens is 1. The molecule has 0 saturated carbocycles. The van der Waals surface area contributed by atoms with Crippen molar-refractivity contribution in [2.24, 2.45) is 0 Å². The highest BCUT2D eigenvalue weighted by Gasteiger charge is 2.21. The Balaban J connectivity index is 2.24. The van der Waals surface area contributed by atoms with Gasteiger partial charge in [0.2, 0.25) is 0 Å². The number of benzene rings is 2. The largest absolute Gasteiger partial charge is 0.383 e. The van der Waals surface area contributed by atoms with E-state index >= 15 is 0 Å². The summed E-state index contributed by atoms with van der Waals surface area (Å²) in [7, 11) is -2.21. The Bertz CT molecular complexity index is 914. The van der Waals surface area contributed by atoms with Gasteiger partial charge in [-0.3, -0.25) is 4.79 Å². The fraction of sp³-hybridized carbons (Fsp3) is 0.350. The second-order valence-electron chi connectivity index (χ2n) is 6.47. The first-order valence-electron chi connectivity index (χ1n) is 8.79. The number of methoxy groups -OCH3 is 1. The second-order valence-corrected chi connectivity index (χ2v) is 8.57. The molecule has 1 amide bonds. The normalized spacial score (nSPS) is 11.5. The summed E-state index contributed by atoms with van der Waals surface area (Å²) in [5, 5.41) is -0.683. The summed E-state index contributed by atoms with van der Waals surface area (Å²) in [5.41, 5.74) is 0.616. The zero-order valence-corrected chi connectivity index (χ0v) is 16.9. The highest BCUT2D eigenvalue weighted by atomic mass is 32.2. The molecule has 152 valence electrons. The smallest absolute Gasteiger partial charge is 0.311 e. The van der Waals surface area contributed by atoms with Gasteiger partial charge in [-0.05, 0) is 43.7 Å². The molecule has 0 unspecified atom stereocenters. The number of ether oxygens (including phenoxy) is 1. The Morgan fingerprint density at radius 2 is 1.86 bits per heavy atom. The maximum absolute atomic E-state index is 14.0. The molecule has 0 heterocycles. The van der Waals surface area contributed by atoms with Crippen molar-refractivity contribution in [3.8, 4) is 5.75 Å². The molecule has 0 aliphatic rings. The van der Waals surface area contributed by atoms with Gasteiger partial charge in [0, 0.05) is 20.2 Å². The third kappa shape index (κ3) is 5.77. The molecule has 6 nitrogen and oxygen atoms in total. The van der Waals surface area contributed by atoms with Crippen LogP contribution in [0.15, 0.2) is 48.5 Å². The van der Waals surface area contributed by atoms with Crippen molar-refractivity contribution in [2.75, 3.05) is 20.3 Å². The maximum Gasteiger partial charge on any atom is 0.311 e. The van der Waals surface area contributed by atoms with Gasteiger partial charge in [0.1, 0.15) is 11.6 Å². The molecule has 0 spiro atoms. The van der Waals surface area contributed by atoms with Gasteiger partial charge in [-0.1, -0.05) is 24.3 Å². The fourth-order valence-electron chi connectivity index (χ4n) is 2.41. The number of rotatable bonds is 9. The standard InChI is InChI=1S/C20H24FNO5S/c1-15(2)28(24,25)27-17-8-6-7-16(13-17)14-22(11-12-26-3)20(23)18-9-4-5-10-19(18)21/h4-10,13,15H,11-12,14H2,1-3H3. The van der Waals surface area contributed by atoms with E-state index in [0.717, 1.165) is 0 Å². The van der Waals surface area contributed by atoms with Crippen molar-refractivity contribution >= 4 is 16.0 Å². The Hall–Kier alpha value is -2.45. The van der Waals surface area contributed by atoms with Crippen LogP contribution < -0.4 is 4.18 Å². The average molecular weight is 409 g/mol. The summed E-state index contributed by atoms with van der Waals surface area (Å²) in [4.78, 5) is 14.2. The summed E-state index contributed by atoms with van der Waals surface area (Å²) in [5.74, 6) is -0.914. The van der Waals surface area contributed by atoms with Crippen molar-refractivity contribution in [1.82, 2.24) is 4.90 Å². The lowest BCUT2D eigenvalue weighted by Crippen LogP contribution is -2.34. The third-order valence-electron chi connectivity index (χ3n) is 4.02. The lowest BCUT2D eigenvalue weighted by Gasteiger charge is -2.23. The molecule has 0 aliphatic heterocycles. The summed E-state index contributed by atoms with van der Waals surface area (Å²) in [6.07, 6.45) is 0. The van der Waals surface area contributed by atoms with E-state index < -0.39 is 27.1 Å². The number of hydrogen-bond acceptors (Lipinski definition) is 5. The van der Waals surface area contributed by atoms with Gasteiger partial charge in [-0.2, -0.15) is 8.42 Å². The van der Waals surface area contributed by atoms with Crippen molar-refractivity contribution in [1.29, 1.82) is 0 Å². The Labute approximate surface area is 165 Å². The van der Waals surface area contributed by atoms with E-state index in [4.69, 9.17) is 8.92 Å². The Morgan fingerprint density at radius 3 is 2.50 bits per heavy atom. The third-order valence-corrected chi connectivity index (χ3v) is 5.60. The molecule has 28 heavy (non-hydrogen) atoms. The molecule has 0 aromatic heterocycles. The predicted octanol–water partition coefficient (Wildman–Crippen LogP) is 3.23. The molecule has 8 heteroatoms. The molecular weight excluding hydrogens is 385 g/mol. The molecule has 2 aromatic rings. The maximum atomic E-state index is 14.0. The molecule has 0 bridgehead atoms. The first kappa shape index (κ1) is 21.8. The first-order chi connectivity index (χ1) is 13.2. The molecule has 0 fully saturated rings. The number of amides is 1. The number of carbonyl (C=O) groups is 1. The number of nitrogens with zero attached hydrogens (tertiary/aromatic N) is 1. The number of hydrogen-bond donors (Lipinski definition) is 0. The van der Waals surface area contributed by atoms with Crippen molar-refractivity contribution < 1.29 is 26.5 Å². The minimum Gasteiger partial charge on any atom is -0.383 e. The van der Waals surface area contributed by atoms with Crippen LogP contribution in [0, 0.1) is 5.82 Å². The molecule has 2 rings (SSSR count). The number of carbonyl (C=O) groups excluding carboxylic acids is 1. The van der Waals surface area contributed by atoms with E-state index in [0.29, 0.717) is 5.56 Å². The highest BCUT2D eigenvalue weighted by molar-refractivity contribution is 7.87. The van der Waals surface area contributed by atoms with Gasteiger partial charge in [-0.25, -0.2) is 4.39 Å². The van der Waals surface area contributed by atoms with E-state index in [1.165, 1.54) is 50.1 Å². The Kier molecular flexibility index (Phi) is 7.53. The topological polar surface area (TPSA) is 72.9 Å². The summed E-state index contributed by atoms with van der Waals surface area (Å²) >= 11 is 0. The van der Waals surface area contributed by atoms with Crippen molar-refractivity contribution in [3.63, 3.8) is 0 Å². The minimum atomic E-state index is -3.73. The lowest BCUT2D eigenvalue weighted by atomic mass is 10.1. The van der Waals surface area contributed by atoms with Crippen LogP contribution in [0.4, 0.5) is 4.39 Å². The summed E-state index contributed by atoms with van der Waals surface area (Å²) in [6.45, 7) is 3.73. The van der Waals surface area contributed by atoms with Crippen molar-refractivity contribution in [3.05, 3.63) is 65.5 Å². The second kappa shape index (κ2) is 9.66. The molecule has 0 radical (unpaired) electrons. The molecule has 0 atom stereocenters. The van der Waals surface area contributed by atoms with Crippen LogP contribution in [0.1, 0.15) is 29.8 Å². The van der Waals surface area contributed by atoms with E-state index in [-0.39, 0.29) is 31.0 Å². The SMILES string of the molecule is COCCN(Cc1cccc(OS(=O)(=O)C(C)C)c1)C(=O)c1ccccc1F. The highest BCUT2D eigenvalue weighted by Crippen LogP contribution is 2.20. The van der Waals surface area contributed by atoms with E-state index in [9.17, 15) is 17.6 Å². The quantitative estimate of drug-likeness (QED) is 0.595. The fourth-order valence-corrected chi connectivity index (χ4v) is 2.97. The summed E-state index contributed by atoms with van der Waals surface area (Å²) < 4.78 is 48.1. The van der Waals surface area contributed by atoms with Crippen LogP contribution >= 0.6 is 0 Å². The monoisotopic (exact) mass is 409 g/mol. The van der Waals surface area contributed by atoms with Gasteiger partial charge in [0.25, 0.3) is 5.91 Å². The van der Waals surface area contributed by atoms with Gasteiger partial charge in [0.15, 0.2) is 0 Å². The molecule has 2 aromatic carbocycles. The zero-order chi connectivity index (χ0) is 20.7. The minimum absolute atomic E-state index is 0.0339. The molecular formula is C20H24FNO5S. The first-order valence-corrected chi connectivity index (χ1v) is 10.3. The van der Waals surface area contributed by atoms with Gasteiger partial charge < -0.3 is 13.8 Å². The van der Waals surface area contributed by atoms with E-state index in [1.807, 2.05) is 0 Å². The predicted molar refractivity (Wildman–Crippen MR) is 104 cm³/mol. The Morgan fingerprint density at radius 1 is 1.14 bits per heavy atom. The molecule has 0 saturated heterocycles. The van der Waals surface area contributed by atoms with E-state index in [2.05, 4.69) is 0 Å². The lowest BCUT2D eigenvalue weighted by molar-refractivity contribution is 0.0675. The van der Waals surface area contributed by atoms with Crippen LogP contribution in [0.3, 0.4) is 0 Å². The zero-order valence-electron chi connectivity index (χ0n) is 16.1. The summed E-state index contributed by atoms with van der Waals surface area (Å²) in [6, 6.07) is 12.2.